The molecule has 0 saturated carbocycles. The number of carbonyl (C=O) groups excluding carboxylic acids is 1. The average molecular weight is 404 g/mol. The normalized spacial score (nSPS) is 16.2. The van der Waals surface area contributed by atoms with E-state index >= 15 is 0 Å². The summed E-state index contributed by atoms with van der Waals surface area (Å²) in [6.45, 7) is 0.612. The number of hydrogen-bond donors (Lipinski definition) is 0. The number of amides is 1. The largest absolute Gasteiger partial charge is 0.497 e. The van der Waals surface area contributed by atoms with Crippen LogP contribution in [0.15, 0.2) is 36.4 Å². The highest BCUT2D eigenvalue weighted by Crippen LogP contribution is 2.43. The van der Waals surface area contributed by atoms with Crippen LogP contribution in [0.1, 0.15) is 16.5 Å². The smallest absolute Gasteiger partial charge is 0.233 e. The molecule has 7 heteroatoms. The highest BCUT2D eigenvalue weighted by Gasteiger charge is 2.34. The van der Waals surface area contributed by atoms with Gasteiger partial charge in [0.2, 0.25) is 5.91 Å². The molecule has 1 aliphatic heterocycles. The minimum atomic E-state index is -0.0755. The van der Waals surface area contributed by atoms with Crippen LogP contribution in [0.5, 0.6) is 23.0 Å². The van der Waals surface area contributed by atoms with Crippen molar-refractivity contribution in [3.63, 3.8) is 0 Å². The van der Waals surface area contributed by atoms with Crippen LogP contribution < -0.4 is 18.9 Å². The first-order chi connectivity index (χ1) is 13.6. The topological polar surface area (TPSA) is 57.2 Å². The van der Waals surface area contributed by atoms with Gasteiger partial charge in [0.05, 0.1) is 34.2 Å². The van der Waals surface area contributed by atoms with Gasteiger partial charge in [0.15, 0.2) is 11.5 Å². The highest BCUT2D eigenvalue weighted by molar-refractivity contribution is 8.00. The van der Waals surface area contributed by atoms with Crippen molar-refractivity contribution < 1.29 is 23.7 Å². The molecule has 0 bridgehead atoms. The fourth-order valence-electron chi connectivity index (χ4n) is 3.26. The van der Waals surface area contributed by atoms with Crippen LogP contribution in [0.2, 0.25) is 0 Å². The summed E-state index contributed by atoms with van der Waals surface area (Å²) in [5.41, 5.74) is 2.06. The van der Waals surface area contributed by atoms with E-state index in [4.69, 9.17) is 18.9 Å². The van der Waals surface area contributed by atoms with Crippen molar-refractivity contribution in [1.82, 2.24) is 4.90 Å². The van der Waals surface area contributed by atoms with Crippen LogP contribution in [0.3, 0.4) is 0 Å². The summed E-state index contributed by atoms with van der Waals surface area (Å²) in [7, 11) is 6.49. The predicted octanol–water partition coefficient (Wildman–Crippen LogP) is 3.54. The minimum Gasteiger partial charge on any atom is -0.497 e. The predicted molar refractivity (Wildman–Crippen MR) is 110 cm³/mol. The van der Waals surface area contributed by atoms with E-state index in [2.05, 4.69) is 0 Å². The summed E-state index contributed by atoms with van der Waals surface area (Å²) in [4.78, 5) is 14.4. The molecular formula is C21H25NO5S. The fraction of sp³-hybridized carbons (Fsp3) is 0.381. The summed E-state index contributed by atoms with van der Waals surface area (Å²) in [6.07, 6.45) is 0.724. The molecule has 0 aromatic heterocycles. The van der Waals surface area contributed by atoms with E-state index in [9.17, 15) is 4.79 Å². The maximum Gasteiger partial charge on any atom is 0.233 e. The van der Waals surface area contributed by atoms with Gasteiger partial charge in [-0.2, -0.15) is 0 Å². The van der Waals surface area contributed by atoms with Crippen molar-refractivity contribution in [2.45, 2.75) is 11.8 Å². The molecule has 0 unspecified atom stereocenters. The molecule has 6 nitrogen and oxygen atoms in total. The van der Waals surface area contributed by atoms with Gasteiger partial charge in [-0.25, -0.2) is 0 Å². The van der Waals surface area contributed by atoms with Crippen LogP contribution in [0, 0.1) is 0 Å². The second-order valence-corrected chi connectivity index (χ2v) is 7.37. The van der Waals surface area contributed by atoms with Crippen molar-refractivity contribution in [2.75, 3.05) is 40.7 Å². The van der Waals surface area contributed by atoms with Gasteiger partial charge in [-0.1, -0.05) is 6.07 Å². The number of nitrogens with zero attached hydrogens (tertiary/aromatic N) is 1. The minimum absolute atomic E-state index is 0.0755. The third-order valence-corrected chi connectivity index (χ3v) is 6.00. The van der Waals surface area contributed by atoms with Crippen molar-refractivity contribution in [3.05, 3.63) is 47.5 Å². The highest BCUT2D eigenvalue weighted by atomic mass is 32.2. The Morgan fingerprint density at radius 3 is 2.36 bits per heavy atom. The zero-order valence-electron chi connectivity index (χ0n) is 16.6. The molecule has 0 radical (unpaired) electrons. The Hall–Kier alpha value is -2.54. The number of thioether (sulfide) groups is 1. The SMILES string of the molecule is COc1ccc([C@@H]2SCC(=O)N2CCc2ccc(OC)c(OC)c2)c(OC)c1. The molecule has 1 heterocycles. The molecule has 1 fully saturated rings. The Morgan fingerprint density at radius 2 is 1.68 bits per heavy atom. The molecular weight excluding hydrogens is 378 g/mol. The zero-order valence-corrected chi connectivity index (χ0v) is 17.4. The lowest BCUT2D eigenvalue weighted by Gasteiger charge is -2.26. The van der Waals surface area contributed by atoms with Gasteiger partial charge in [-0.15, -0.1) is 11.8 Å². The van der Waals surface area contributed by atoms with E-state index in [0.29, 0.717) is 23.8 Å². The zero-order chi connectivity index (χ0) is 20.1. The summed E-state index contributed by atoms with van der Waals surface area (Å²) >= 11 is 1.61. The lowest BCUT2D eigenvalue weighted by Crippen LogP contribution is -2.30. The molecule has 2 aromatic carbocycles. The molecule has 1 aliphatic rings. The molecule has 3 rings (SSSR count). The second kappa shape index (κ2) is 9.10. The van der Waals surface area contributed by atoms with Crippen LogP contribution in [0.25, 0.3) is 0 Å². The van der Waals surface area contributed by atoms with Crippen molar-refractivity contribution in [2.24, 2.45) is 0 Å². The van der Waals surface area contributed by atoms with E-state index in [1.807, 2.05) is 41.3 Å². The lowest BCUT2D eigenvalue weighted by molar-refractivity contribution is -0.128. The first-order valence-corrected chi connectivity index (χ1v) is 10.00. The molecule has 1 saturated heterocycles. The maximum atomic E-state index is 12.5. The molecule has 0 spiro atoms. The molecule has 28 heavy (non-hydrogen) atoms. The number of rotatable bonds is 8. The van der Waals surface area contributed by atoms with Crippen LogP contribution in [-0.2, 0) is 11.2 Å². The van der Waals surface area contributed by atoms with Crippen LogP contribution >= 0.6 is 11.8 Å². The monoisotopic (exact) mass is 403 g/mol. The molecule has 150 valence electrons. The van der Waals surface area contributed by atoms with Gasteiger partial charge in [0.1, 0.15) is 16.9 Å². The molecule has 1 atom stereocenters. The van der Waals surface area contributed by atoms with Crippen LogP contribution in [-0.4, -0.2) is 51.5 Å². The Balaban J connectivity index is 1.78. The van der Waals surface area contributed by atoms with Gasteiger partial charge >= 0.3 is 0 Å². The standard InChI is InChI=1S/C21H25NO5S/c1-24-15-6-7-16(18(12-15)26-3)21-22(20(23)13-28-21)10-9-14-5-8-17(25-2)19(11-14)27-4/h5-8,11-12,21H,9-10,13H2,1-4H3/t21-/m0/s1. The summed E-state index contributed by atoms with van der Waals surface area (Å²) < 4.78 is 21.5. The summed E-state index contributed by atoms with van der Waals surface area (Å²) in [5, 5.41) is -0.0755. The number of hydrogen-bond acceptors (Lipinski definition) is 6. The fourth-order valence-corrected chi connectivity index (χ4v) is 4.51. The van der Waals surface area contributed by atoms with Crippen LogP contribution in [0.4, 0.5) is 0 Å². The van der Waals surface area contributed by atoms with Crippen molar-refractivity contribution in [3.8, 4) is 23.0 Å². The van der Waals surface area contributed by atoms with E-state index in [-0.39, 0.29) is 11.3 Å². The molecule has 0 aliphatic carbocycles. The van der Waals surface area contributed by atoms with Gasteiger partial charge in [0, 0.05) is 18.2 Å². The molecule has 0 N–H and O–H groups in total. The van der Waals surface area contributed by atoms with Gasteiger partial charge in [0.25, 0.3) is 0 Å². The molecule has 2 aromatic rings. The Kier molecular flexibility index (Phi) is 6.57. The number of methoxy groups -OCH3 is 4. The third kappa shape index (κ3) is 4.14. The van der Waals surface area contributed by atoms with Gasteiger partial charge in [-0.05, 0) is 36.2 Å². The van der Waals surface area contributed by atoms with Crippen molar-refractivity contribution >= 4 is 17.7 Å². The maximum absolute atomic E-state index is 12.5. The summed E-state index contributed by atoms with van der Waals surface area (Å²) in [5.74, 6) is 3.43. The number of carbonyl (C=O) groups is 1. The molecule has 1 amide bonds. The summed E-state index contributed by atoms with van der Waals surface area (Å²) in [6, 6.07) is 11.6. The van der Waals surface area contributed by atoms with Gasteiger partial charge in [-0.3, -0.25) is 4.79 Å². The Morgan fingerprint density at radius 1 is 0.929 bits per heavy atom. The lowest BCUT2D eigenvalue weighted by atomic mass is 10.1. The quantitative estimate of drug-likeness (QED) is 0.672. The third-order valence-electron chi connectivity index (χ3n) is 4.76. The van der Waals surface area contributed by atoms with E-state index in [1.54, 1.807) is 40.2 Å². The first-order valence-electron chi connectivity index (χ1n) is 8.95. The second-order valence-electron chi connectivity index (χ2n) is 6.30. The number of benzene rings is 2. The van der Waals surface area contributed by atoms with E-state index in [1.165, 1.54) is 0 Å². The van der Waals surface area contributed by atoms with E-state index in [0.717, 1.165) is 29.0 Å². The Labute approximate surface area is 169 Å². The van der Waals surface area contributed by atoms with Crippen molar-refractivity contribution in [1.29, 1.82) is 0 Å². The Bertz CT molecular complexity index is 842. The number of ether oxygens (including phenoxy) is 4. The van der Waals surface area contributed by atoms with E-state index < -0.39 is 0 Å². The van der Waals surface area contributed by atoms with Gasteiger partial charge < -0.3 is 23.8 Å². The average Bonchev–Trinajstić information content (AvgIpc) is 3.11. The first kappa shape index (κ1) is 20.2.